The van der Waals surface area contributed by atoms with Gasteiger partial charge in [0.15, 0.2) is 15.8 Å². The van der Waals surface area contributed by atoms with E-state index in [1.165, 1.54) is 11.8 Å². The maximum atomic E-state index is 11.8. The fourth-order valence-electron chi connectivity index (χ4n) is 3.07. The van der Waals surface area contributed by atoms with Crippen molar-refractivity contribution in [2.45, 2.75) is 51.7 Å². The summed E-state index contributed by atoms with van der Waals surface area (Å²) in [7, 11) is -3.21. The largest absolute Gasteiger partial charge is 0.491 e. The molecule has 172 valence electrons. The highest BCUT2D eigenvalue weighted by molar-refractivity contribution is 14.0. The monoisotopic (exact) mass is 559 g/mol. The molecule has 0 saturated carbocycles. The van der Waals surface area contributed by atoms with Crippen molar-refractivity contribution in [2.75, 3.05) is 19.3 Å². The summed E-state index contributed by atoms with van der Waals surface area (Å²) in [5, 5.41) is 6.59. The Labute approximate surface area is 203 Å². The number of aliphatic imine (C=N–C) groups is 1. The zero-order valence-corrected chi connectivity index (χ0v) is 22.1. The highest BCUT2D eigenvalue weighted by atomic mass is 127. The topological polar surface area (TPSA) is 79.8 Å². The van der Waals surface area contributed by atoms with Gasteiger partial charge in [0.05, 0.1) is 17.5 Å². The maximum Gasteiger partial charge on any atom is 0.191 e. The van der Waals surface area contributed by atoms with Gasteiger partial charge < -0.3 is 15.4 Å². The number of benzene rings is 2. The predicted octanol–water partition coefficient (Wildman–Crippen LogP) is 4.10. The molecule has 2 aromatic carbocycles. The van der Waals surface area contributed by atoms with Crippen LogP contribution in [-0.2, 0) is 22.8 Å². The van der Waals surface area contributed by atoms with Crippen molar-refractivity contribution in [2.24, 2.45) is 4.99 Å². The number of nitrogens with zero attached hydrogens (tertiary/aromatic N) is 1. The molecule has 2 N–H and O–H groups in total. The summed E-state index contributed by atoms with van der Waals surface area (Å²) < 4.78 is 29.2. The summed E-state index contributed by atoms with van der Waals surface area (Å²) in [4.78, 5) is 4.99. The van der Waals surface area contributed by atoms with Gasteiger partial charge in [0.25, 0.3) is 0 Å². The summed E-state index contributed by atoms with van der Waals surface area (Å²) in [5.74, 6) is 1.62. The van der Waals surface area contributed by atoms with Crippen LogP contribution < -0.4 is 15.4 Å². The molecule has 0 heterocycles. The van der Waals surface area contributed by atoms with Crippen molar-refractivity contribution in [3.63, 3.8) is 0 Å². The zero-order valence-electron chi connectivity index (χ0n) is 18.9. The first kappa shape index (κ1) is 27.2. The Morgan fingerprint density at radius 1 is 1.06 bits per heavy atom. The van der Waals surface area contributed by atoms with Gasteiger partial charge in [0, 0.05) is 19.3 Å². The first-order valence-electron chi connectivity index (χ1n) is 10.3. The smallest absolute Gasteiger partial charge is 0.191 e. The lowest BCUT2D eigenvalue weighted by Crippen LogP contribution is -2.38. The third kappa shape index (κ3) is 9.47. The van der Waals surface area contributed by atoms with Crippen molar-refractivity contribution < 1.29 is 13.2 Å². The Balaban J connectivity index is 0.00000480. The number of hydrogen-bond acceptors (Lipinski definition) is 4. The first-order chi connectivity index (χ1) is 14.2. The fraction of sp³-hybridized carbons (Fsp3) is 0.435. The van der Waals surface area contributed by atoms with E-state index >= 15 is 0 Å². The van der Waals surface area contributed by atoms with Crippen LogP contribution in [-0.4, -0.2) is 39.8 Å². The Hall–Kier alpha value is -1.81. The van der Waals surface area contributed by atoms with Crippen molar-refractivity contribution in [3.05, 3.63) is 59.2 Å². The molecule has 0 amide bonds. The Bertz CT molecular complexity index is 959. The second-order valence-electron chi connectivity index (χ2n) is 7.55. The second-order valence-corrected chi connectivity index (χ2v) is 9.54. The molecular formula is C23H34IN3O3S. The molecule has 0 fully saturated rings. The number of nitrogens with one attached hydrogen (secondary N) is 2. The van der Waals surface area contributed by atoms with Crippen molar-refractivity contribution in [1.82, 2.24) is 10.6 Å². The average Bonchev–Trinajstić information content (AvgIpc) is 2.66. The molecule has 6 nitrogen and oxygen atoms in total. The van der Waals surface area contributed by atoms with Crippen LogP contribution in [0.15, 0.2) is 52.4 Å². The summed E-state index contributed by atoms with van der Waals surface area (Å²) >= 11 is 0. The van der Waals surface area contributed by atoms with Gasteiger partial charge in [-0.15, -0.1) is 24.0 Å². The van der Waals surface area contributed by atoms with Gasteiger partial charge >= 0.3 is 0 Å². The minimum atomic E-state index is -3.21. The van der Waals surface area contributed by atoms with Crippen LogP contribution >= 0.6 is 24.0 Å². The Kier molecular flexibility index (Phi) is 11.3. The second kappa shape index (κ2) is 12.9. The Morgan fingerprint density at radius 3 is 2.26 bits per heavy atom. The third-order valence-corrected chi connectivity index (χ3v) is 5.66. The summed E-state index contributed by atoms with van der Waals surface area (Å²) in [6.45, 7) is 9.85. The van der Waals surface area contributed by atoms with Crippen LogP contribution in [0, 0.1) is 6.92 Å². The van der Waals surface area contributed by atoms with E-state index in [1.807, 2.05) is 52.0 Å². The van der Waals surface area contributed by atoms with Gasteiger partial charge in [-0.05, 0) is 69.0 Å². The molecule has 0 saturated heterocycles. The Morgan fingerprint density at radius 2 is 1.71 bits per heavy atom. The van der Waals surface area contributed by atoms with Gasteiger partial charge in [-0.25, -0.2) is 13.4 Å². The van der Waals surface area contributed by atoms with Gasteiger partial charge in [-0.3, -0.25) is 0 Å². The quantitative estimate of drug-likeness (QED) is 0.275. The number of aryl methyl sites for hydroxylation is 1. The molecule has 0 atom stereocenters. The molecule has 2 rings (SSSR count). The van der Waals surface area contributed by atoms with E-state index < -0.39 is 9.84 Å². The van der Waals surface area contributed by atoms with Crippen LogP contribution in [0.5, 0.6) is 5.75 Å². The number of ether oxygens (including phenoxy) is 1. The third-order valence-electron chi connectivity index (χ3n) is 4.40. The SMILES string of the molecule is CCNC(=NCc1ccc(S(C)(=O)=O)c(C)c1)NCCc1ccc(OC(C)C)cc1.I. The van der Waals surface area contributed by atoms with Crippen LogP contribution in [0.1, 0.15) is 37.5 Å². The van der Waals surface area contributed by atoms with Crippen molar-refractivity contribution in [3.8, 4) is 5.75 Å². The van der Waals surface area contributed by atoms with Crippen molar-refractivity contribution in [1.29, 1.82) is 0 Å². The molecule has 0 unspecified atom stereocenters. The first-order valence-corrected chi connectivity index (χ1v) is 12.2. The van der Waals surface area contributed by atoms with Crippen LogP contribution in [0.2, 0.25) is 0 Å². The molecule has 8 heteroatoms. The molecule has 0 radical (unpaired) electrons. The summed E-state index contributed by atoms with van der Waals surface area (Å²) in [5.41, 5.74) is 2.94. The van der Waals surface area contributed by atoms with E-state index in [1.54, 1.807) is 6.07 Å². The number of halogens is 1. The lowest BCUT2D eigenvalue weighted by Gasteiger charge is -2.13. The van der Waals surface area contributed by atoms with Gasteiger partial charge in [-0.2, -0.15) is 0 Å². The van der Waals surface area contributed by atoms with E-state index in [2.05, 4.69) is 27.8 Å². The van der Waals surface area contributed by atoms with E-state index in [0.717, 1.165) is 42.3 Å². The number of rotatable bonds is 9. The number of sulfone groups is 1. The van der Waals surface area contributed by atoms with E-state index in [4.69, 9.17) is 4.74 Å². The number of hydrogen-bond donors (Lipinski definition) is 2. The van der Waals surface area contributed by atoms with Crippen LogP contribution in [0.4, 0.5) is 0 Å². The van der Waals surface area contributed by atoms with Crippen molar-refractivity contribution >= 4 is 39.8 Å². The molecule has 0 spiro atoms. The normalized spacial score (nSPS) is 11.7. The molecule has 0 aliphatic heterocycles. The minimum absolute atomic E-state index is 0. The van der Waals surface area contributed by atoms with Gasteiger partial charge in [0.2, 0.25) is 0 Å². The zero-order chi connectivity index (χ0) is 22.1. The summed E-state index contributed by atoms with van der Waals surface area (Å²) in [6, 6.07) is 13.5. The minimum Gasteiger partial charge on any atom is -0.491 e. The average molecular weight is 560 g/mol. The highest BCUT2D eigenvalue weighted by Crippen LogP contribution is 2.17. The molecular weight excluding hydrogens is 525 g/mol. The molecule has 0 aromatic heterocycles. The summed E-state index contributed by atoms with van der Waals surface area (Å²) in [6.07, 6.45) is 2.27. The molecule has 31 heavy (non-hydrogen) atoms. The van der Waals surface area contributed by atoms with E-state index in [9.17, 15) is 8.42 Å². The molecule has 2 aromatic rings. The lowest BCUT2D eigenvalue weighted by molar-refractivity contribution is 0.242. The van der Waals surface area contributed by atoms with Crippen LogP contribution in [0.3, 0.4) is 0 Å². The fourth-order valence-corrected chi connectivity index (χ4v) is 4.03. The highest BCUT2D eigenvalue weighted by Gasteiger charge is 2.10. The maximum absolute atomic E-state index is 11.8. The standard InChI is InChI=1S/C23H33N3O3S.HI/c1-6-24-23(25-14-13-19-7-10-21(11-8-19)29-17(2)3)26-16-20-9-12-22(18(4)15-20)30(5,27)28;/h7-12,15,17H,6,13-14,16H2,1-5H3,(H2,24,25,26);1H. The van der Waals surface area contributed by atoms with E-state index in [-0.39, 0.29) is 30.1 Å². The lowest BCUT2D eigenvalue weighted by atomic mass is 10.1. The van der Waals surface area contributed by atoms with Gasteiger partial charge in [0.1, 0.15) is 5.75 Å². The predicted molar refractivity (Wildman–Crippen MR) is 138 cm³/mol. The van der Waals surface area contributed by atoms with E-state index in [0.29, 0.717) is 11.4 Å². The molecule has 0 aliphatic carbocycles. The molecule has 0 bridgehead atoms. The molecule has 0 aliphatic rings. The number of guanidine groups is 1. The van der Waals surface area contributed by atoms with Crippen LogP contribution in [0.25, 0.3) is 0 Å². The van der Waals surface area contributed by atoms with Gasteiger partial charge in [-0.1, -0.05) is 24.3 Å².